The Balaban J connectivity index is 0. The van der Waals surface area contributed by atoms with Crippen molar-refractivity contribution in [3.8, 4) is 0 Å². The molecule has 0 radical (unpaired) electrons. The average Bonchev–Trinajstić information content (AvgIpc) is 2.32. The standard InChI is InChI=1S/C9H16IN.2C2H6/c1-8-5-4-6-11(10)9(2,3)7-8;2*1-2/h7H,4-6H2,1-3H3;2*1-2H3. The molecule has 0 aliphatic carbocycles. The molecule has 1 nitrogen and oxygen atoms in total. The summed E-state index contributed by atoms with van der Waals surface area (Å²) in [5.74, 6) is 0. The van der Waals surface area contributed by atoms with Crippen LogP contribution in [0.2, 0.25) is 0 Å². The summed E-state index contributed by atoms with van der Waals surface area (Å²) in [6, 6.07) is 0. The first kappa shape index (κ1) is 17.8. The van der Waals surface area contributed by atoms with E-state index in [1.165, 1.54) is 25.0 Å². The maximum absolute atomic E-state index is 2.42. The molecule has 2 heteroatoms. The van der Waals surface area contributed by atoms with Gasteiger partial charge in [-0.1, -0.05) is 39.3 Å². The fourth-order valence-electron chi connectivity index (χ4n) is 1.53. The van der Waals surface area contributed by atoms with Gasteiger partial charge in [0.15, 0.2) is 0 Å². The van der Waals surface area contributed by atoms with Crippen LogP contribution in [0.4, 0.5) is 0 Å². The fourth-order valence-corrected chi connectivity index (χ4v) is 2.01. The lowest BCUT2D eigenvalue weighted by molar-refractivity contribution is 0.344. The smallest absolute Gasteiger partial charge is 0.0430 e. The highest BCUT2D eigenvalue weighted by molar-refractivity contribution is 14.1. The van der Waals surface area contributed by atoms with Crippen LogP contribution >= 0.6 is 22.9 Å². The van der Waals surface area contributed by atoms with Crippen molar-refractivity contribution >= 4 is 22.9 Å². The molecule has 1 aliphatic rings. The van der Waals surface area contributed by atoms with Gasteiger partial charge in [-0.2, -0.15) is 0 Å². The molecule has 0 aromatic heterocycles. The van der Waals surface area contributed by atoms with Gasteiger partial charge in [0.25, 0.3) is 0 Å². The molecule has 0 saturated heterocycles. The lowest BCUT2D eigenvalue weighted by atomic mass is 10.0. The van der Waals surface area contributed by atoms with Crippen molar-refractivity contribution in [3.63, 3.8) is 0 Å². The summed E-state index contributed by atoms with van der Waals surface area (Å²) in [4.78, 5) is 0. The van der Waals surface area contributed by atoms with E-state index in [0.717, 1.165) is 0 Å². The number of halogens is 1. The molecule has 0 fully saturated rings. The molecule has 0 amide bonds. The van der Waals surface area contributed by atoms with Gasteiger partial charge in [-0.15, -0.1) is 0 Å². The molecule has 92 valence electrons. The van der Waals surface area contributed by atoms with E-state index in [0.29, 0.717) is 0 Å². The zero-order valence-corrected chi connectivity index (χ0v) is 13.7. The predicted octanol–water partition coefficient (Wildman–Crippen LogP) is 5.21. The van der Waals surface area contributed by atoms with Crippen LogP contribution in [0, 0.1) is 0 Å². The molecule has 1 rings (SSSR count). The predicted molar refractivity (Wildman–Crippen MR) is 80.5 cm³/mol. The van der Waals surface area contributed by atoms with Crippen molar-refractivity contribution in [3.05, 3.63) is 11.6 Å². The van der Waals surface area contributed by atoms with E-state index in [1.807, 2.05) is 27.7 Å². The van der Waals surface area contributed by atoms with Crippen molar-refractivity contribution in [1.82, 2.24) is 3.11 Å². The first-order valence-electron chi connectivity index (χ1n) is 6.14. The minimum absolute atomic E-state index is 0.251. The third-order valence-electron chi connectivity index (χ3n) is 2.15. The van der Waals surface area contributed by atoms with Crippen LogP contribution in [-0.4, -0.2) is 15.2 Å². The highest BCUT2D eigenvalue weighted by atomic mass is 127. The third kappa shape index (κ3) is 7.34. The van der Waals surface area contributed by atoms with Gasteiger partial charge < -0.3 is 0 Å². The Labute approximate surface area is 111 Å². The highest BCUT2D eigenvalue weighted by Gasteiger charge is 2.23. The van der Waals surface area contributed by atoms with Gasteiger partial charge in [0.2, 0.25) is 0 Å². The van der Waals surface area contributed by atoms with Gasteiger partial charge in [0.05, 0.1) is 0 Å². The monoisotopic (exact) mass is 325 g/mol. The second-order valence-corrected chi connectivity index (χ2v) is 5.00. The molecule has 0 aromatic carbocycles. The van der Waals surface area contributed by atoms with Gasteiger partial charge in [-0.05, 0) is 33.6 Å². The molecular formula is C13H28IN. The Morgan fingerprint density at radius 1 is 1.20 bits per heavy atom. The first-order chi connectivity index (χ1) is 7.02. The molecule has 0 atom stereocenters. The summed E-state index contributed by atoms with van der Waals surface area (Å²) in [6.07, 6.45) is 4.95. The van der Waals surface area contributed by atoms with Crippen LogP contribution in [0.1, 0.15) is 61.3 Å². The molecule has 1 heterocycles. The summed E-state index contributed by atoms with van der Waals surface area (Å²) in [5.41, 5.74) is 1.79. The van der Waals surface area contributed by atoms with Crippen LogP contribution < -0.4 is 0 Å². The molecule has 0 aromatic rings. The van der Waals surface area contributed by atoms with E-state index in [4.69, 9.17) is 0 Å². The maximum Gasteiger partial charge on any atom is 0.0430 e. The molecule has 0 unspecified atom stereocenters. The summed E-state index contributed by atoms with van der Waals surface area (Å²) < 4.78 is 2.39. The van der Waals surface area contributed by atoms with E-state index >= 15 is 0 Å². The van der Waals surface area contributed by atoms with Crippen molar-refractivity contribution in [2.75, 3.05) is 6.54 Å². The Bertz CT molecular complexity index is 173. The first-order valence-corrected chi connectivity index (χ1v) is 7.10. The van der Waals surface area contributed by atoms with Crippen LogP contribution in [-0.2, 0) is 0 Å². The van der Waals surface area contributed by atoms with E-state index in [1.54, 1.807) is 0 Å². The van der Waals surface area contributed by atoms with Gasteiger partial charge in [-0.3, -0.25) is 0 Å². The summed E-state index contributed by atoms with van der Waals surface area (Å²) in [6.45, 7) is 16.0. The Morgan fingerprint density at radius 2 is 1.67 bits per heavy atom. The van der Waals surface area contributed by atoms with Gasteiger partial charge in [-0.25, -0.2) is 3.11 Å². The Morgan fingerprint density at radius 3 is 2.13 bits per heavy atom. The lowest BCUT2D eigenvalue weighted by Crippen LogP contribution is -2.34. The van der Waals surface area contributed by atoms with Crippen LogP contribution in [0.25, 0.3) is 0 Å². The van der Waals surface area contributed by atoms with Crippen LogP contribution in [0.5, 0.6) is 0 Å². The SMILES string of the molecule is CC.CC.CC1=CC(C)(C)N(I)CCC1. The number of hydrogen-bond acceptors (Lipinski definition) is 1. The van der Waals surface area contributed by atoms with Crippen LogP contribution in [0.15, 0.2) is 11.6 Å². The molecule has 15 heavy (non-hydrogen) atoms. The van der Waals surface area contributed by atoms with E-state index in [-0.39, 0.29) is 5.54 Å². The largest absolute Gasteiger partial charge is 0.238 e. The number of rotatable bonds is 0. The number of nitrogens with zero attached hydrogens (tertiary/aromatic N) is 1. The van der Waals surface area contributed by atoms with Crippen LogP contribution in [0.3, 0.4) is 0 Å². The summed E-state index contributed by atoms with van der Waals surface area (Å²) in [7, 11) is 0. The minimum Gasteiger partial charge on any atom is -0.238 e. The zero-order valence-electron chi connectivity index (χ0n) is 11.5. The fraction of sp³-hybridized carbons (Fsp3) is 0.846. The van der Waals surface area contributed by atoms with Crippen molar-refractivity contribution in [2.24, 2.45) is 0 Å². The third-order valence-corrected chi connectivity index (χ3v) is 3.88. The number of hydrogen-bond donors (Lipinski definition) is 0. The van der Waals surface area contributed by atoms with Gasteiger partial charge in [0, 0.05) is 34.9 Å². The second-order valence-electron chi connectivity index (χ2n) is 3.83. The Hall–Kier alpha value is 0.430. The van der Waals surface area contributed by atoms with E-state index < -0.39 is 0 Å². The summed E-state index contributed by atoms with van der Waals surface area (Å²) >= 11 is 2.42. The number of allylic oxidation sites excluding steroid dienone is 1. The van der Waals surface area contributed by atoms with Gasteiger partial charge >= 0.3 is 0 Å². The summed E-state index contributed by atoms with van der Waals surface area (Å²) in [5, 5.41) is 0. The van der Waals surface area contributed by atoms with Crippen molar-refractivity contribution < 1.29 is 0 Å². The molecule has 0 spiro atoms. The lowest BCUT2D eigenvalue weighted by Gasteiger charge is -2.29. The molecule has 0 saturated carbocycles. The van der Waals surface area contributed by atoms with E-state index in [9.17, 15) is 0 Å². The normalized spacial score (nSPS) is 19.9. The minimum atomic E-state index is 0.251. The second kappa shape index (κ2) is 9.64. The topological polar surface area (TPSA) is 3.24 Å². The molecule has 1 aliphatic heterocycles. The molecule has 0 N–H and O–H groups in total. The Kier molecular flexibility index (Phi) is 11.4. The van der Waals surface area contributed by atoms with Gasteiger partial charge in [0.1, 0.15) is 0 Å². The van der Waals surface area contributed by atoms with E-state index in [2.05, 4.69) is 52.8 Å². The zero-order chi connectivity index (χ0) is 12.5. The molecular weight excluding hydrogens is 297 g/mol. The molecule has 0 bridgehead atoms. The highest BCUT2D eigenvalue weighted by Crippen LogP contribution is 2.27. The van der Waals surface area contributed by atoms with Crippen molar-refractivity contribution in [1.29, 1.82) is 0 Å². The quantitative estimate of drug-likeness (QED) is 0.336. The van der Waals surface area contributed by atoms with Crippen molar-refractivity contribution in [2.45, 2.75) is 66.8 Å². The average molecular weight is 325 g/mol. The maximum atomic E-state index is 2.42.